The number of hydrogen-bond donors (Lipinski definition) is 1. The second-order valence-electron chi connectivity index (χ2n) is 4.53. The molecule has 0 bridgehead atoms. The highest BCUT2D eigenvalue weighted by Crippen LogP contribution is 2.36. The minimum absolute atomic E-state index is 0.0962. The van der Waals surface area contributed by atoms with Crippen LogP contribution in [0, 0.1) is 5.92 Å². The number of rotatable bonds is 2. The molecule has 0 atom stereocenters. The lowest BCUT2D eigenvalue weighted by Gasteiger charge is -2.30. The molecule has 0 radical (unpaired) electrons. The van der Waals surface area contributed by atoms with Gasteiger partial charge in [0.05, 0.1) is 0 Å². The van der Waals surface area contributed by atoms with E-state index in [1.165, 1.54) is 0 Å². The SMILES string of the molecule is FC1(F)CCC(CN2CCNC2)CC1. The average Bonchev–Trinajstić information content (AvgIpc) is 2.61. The van der Waals surface area contributed by atoms with Crippen LogP contribution in [0.4, 0.5) is 8.78 Å². The van der Waals surface area contributed by atoms with Gasteiger partial charge >= 0.3 is 0 Å². The van der Waals surface area contributed by atoms with Gasteiger partial charge < -0.3 is 5.32 Å². The summed E-state index contributed by atoms with van der Waals surface area (Å²) in [7, 11) is 0. The average molecular weight is 204 g/mol. The fourth-order valence-corrected chi connectivity index (χ4v) is 2.36. The first-order valence-corrected chi connectivity index (χ1v) is 5.47. The molecule has 0 amide bonds. The Labute approximate surface area is 83.7 Å². The van der Waals surface area contributed by atoms with Crippen molar-refractivity contribution in [3.8, 4) is 0 Å². The summed E-state index contributed by atoms with van der Waals surface area (Å²) in [5.74, 6) is -1.88. The standard InChI is InChI=1S/C10H18F2N2/c11-10(12)3-1-9(2-4-10)7-14-6-5-13-8-14/h9,13H,1-8H2. The molecular formula is C10H18F2N2. The molecule has 0 aromatic rings. The molecule has 0 aromatic carbocycles. The molecule has 0 aromatic heterocycles. The van der Waals surface area contributed by atoms with E-state index in [2.05, 4.69) is 10.2 Å². The zero-order valence-corrected chi connectivity index (χ0v) is 8.44. The van der Waals surface area contributed by atoms with E-state index in [0.717, 1.165) is 26.3 Å². The van der Waals surface area contributed by atoms with E-state index in [1.807, 2.05) is 0 Å². The minimum atomic E-state index is -2.38. The highest BCUT2D eigenvalue weighted by Gasteiger charge is 2.35. The molecule has 0 spiro atoms. The Morgan fingerprint density at radius 3 is 2.57 bits per heavy atom. The van der Waals surface area contributed by atoms with Crippen LogP contribution in [0.25, 0.3) is 0 Å². The van der Waals surface area contributed by atoms with Crippen LogP contribution in [0.5, 0.6) is 0 Å². The molecular weight excluding hydrogens is 186 g/mol. The predicted molar refractivity (Wildman–Crippen MR) is 51.3 cm³/mol. The zero-order chi connectivity index (χ0) is 10.0. The highest BCUT2D eigenvalue weighted by molar-refractivity contribution is 4.80. The molecule has 14 heavy (non-hydrogen) atoms. The summed E-state index contributed by atoms with van der Waals surface area (Å²) >= 11 is 0. The van der Waals surface area contributed by atoms with Crippen LogP contribution in [0.3, 0.4) is 0 Å². The van der Waals surface area contributed by atoms with Gasteiger partial charge in [0.1, 0.15) is 0 Å². The van der Waals surface area contributed by atoms with Crippen LogP contribution < -0.4 is 5.32 Å². The topological polar surface area (TPSA) is 15.3 Å². The highest BCUT2D eigenvalue weighted by atomic mass is 19.3. The Kier molecular flexibility index (Phi) is 3.02. The first-order valence-electron chi connectivity index (χ1n) is 5.47. The quantitative estimate of drug-likeness (QED) is 0.736. The molecule has 4 heteroatoms. The van der Waals surface area contributed by atoms with Crippen molar-refractivity contribution in [3.05, 3.63) is 0 Å². The second-order valence-corrected chi connectivity index (χ2v) is 4.53. The van der Waals surface area contributed by atoms with E-state index in [1.54, 1.807) is 0 Å². The van der Waals surface area contributed by atoms with Crippen molar-refractivity contribution < 1.29 is 8.78 Å². The van der Waals surface area contributed by atoms with Crippen molar-refractivity contribution >= 4 is 0 Å². The smallest absolute Gasteiger partial charge is 0.248 e. The maximum absolute atomic E-state index is 12.9. The van der Waals surface area contributed by atoms with Gasteiger partial charge in [-0.05, 0) is 18.8 Å². The van der Waals surface area contributed by atoms with Crippen LogP contribution in [0.15, 0.2) is 0 Å². The minimum Gasteiger partial charge on any atom is -0.303 e. The maximum Gasteiger partial charge on any atom is 0.248 e. The molecule has 1 aliphatic carbocycles. The van der Waals surface area contributed by atoms with Gasteiger partial charge in [-0.2, -0.15) is 0 Å². The van der Waals surface area contributed by atoms with Crippen LogP contribution in [0.1, 0.15) is 25.7 Å². The van der Waals surface area contributed by atoms with Crippen LogP contribution in [-0.4, -0.2) is 37.1 Å². The third-order valence-electron chi connectivity index (χ3n) is 3.29. The van der Waals surface area contributed by atoms with Crippen molar-refractivity contribution in [2.75, 3.05) is 26.3 Å². The molecule has 1 N–H and O–H groups in total. The van der Waals surface area contributed by atoms with Crippen molar-refractivity contribution in [1.82, 2.24) is 10.2 Å². The number of nitrogens with zero attached hydrogens (tertiary/aromatic N) is 1. The summed E-state index contributed by atoms with van der Waals surface area (Å²) in [5, 5.41) is 3.26. The molecule has 1 saturated carbocycles. The van der Waals surface area contributed by atoms with Gasteiger partial charge in [-0.25, -0.2) is 8.78 Å². The lowest BCUT2D eigenvalue weighted by Crippen LogP contribution is -2.33. The Hall–Kier alpha value is -0.220. The van der Waals surface area contributed by atoms with Gasteiger partial charge in [0.2, 0.25) is 5.92 Å². The van der Waals surface area contributed by atoms with Gasteiger partial charge in [0.25, 0.3) is 0 Å². The first-order chi connectivity index (χ1) is 6.66. The summed E-state index contributed by atoms with van der Waals surface area (Å²) in [5.41, 5.74) is 0. The summed E-state index contributed by atoms with van der Waals surface area (Å²) in [4.78, 5) is 2.33. The fourth-order valence-electron chi connectivity index (χ4n) is 2.36. The molecule has 2 aliphatic rings. The van der Waals surface area contributed by atoms with Gasteiger partial charge in [-0.1, -0.05) is 0 Å². The van der Waals surface area contributed by atoms with Crippen molar-refractivity contribution in [2.45, 2.75) is 31.6 Å². The summed E-state index contributed by atoms with van der Waals surface area (Å²) in [6.45, 7) is 4.06. The van der Waals surface area contributed by atoms with Crippen LogP contribution in [0.2, 0.25) is 0 Å². The molecule has 0 unspecified atom stereocenters. The molecule has 2 rings (SSSR count). The number of alkyl halides is 2. The van der Waals surface area contributed by atoms with Crippen LogP contribution >= 0.6 is 0 Å². The van der Waals surface area contributed by atoms with E-state index in [-0.39, 0.29) is 12.8 Å². The molecule has 2 fully saturated rings. The first kappa shape index (κ1) is 10.3. The molecule has 82 valence electrons. The van der Waals surface area contributed by atoms with E-state index in [4.69, 9.17) is 0 Å². The van der Waals surface area contributed by atoms with E-state index >= 15 is 0 Å². The van der Waals surface area contributed by atoms with Crippen molar-refractivity contribution in [1.29, 1.82) is 0 Å². The van der Waals surface area contributed by atoms with Gasteiger partial charge in [0.15, 0.2) is 0 Å². The van der Waals surface area contributed by atoms with Crippen molar-refractivity contribution in [2.24, 2.45) is 5.92 Å². The summed E-state index contributed by atoms with van der Waals surface area (Å²) in [6, 6.07) is 0. The fraction of sp³-hybridized carbons (Fsp3) is 1.00. The third kappa shape index (κ3) is 2.64. The van der Waals surface area contributed by atoms with Crippen LogP contribution in [-0.2, 0) is 0 Å². The third-order valence-corrected chi connectivity index (χ3v) is 3.29. The van der Waals surface area contributed by atoms with E-state index < -0.39 is 5.92 Å². The van der Waals surface area contributed by atoms with E-state index in [0.29, 0.717) is 18.8 Å². The Morgan fingerprint density at radius 1 is 1.29 bits per heavy atom. The zero-order valence-electron chi connectivity index (χ0n) is 8.44. The van der Waals surface area contributed by atoms with E-state index in [9.17, 15) is 8.78 Å². The Balaban J connectivity index is 1.72. The molecule has 1 saturated heterocycles. The normalized spacial score (nSPS) is 29.6. The monoisotopic (exact) mass is 204 g/mol. The molecule has 1 heterocycles. The Morgan fingerprint density at radius 2 is 2.00 bits per heavy atom. The van der Waals surface area contributed by atoms with Gasteiger partial charge in [-0.3, -0.25) is 4.90 Å². The summed E-state index contributed by atoms with van der Waals surface area (Å²) in [6.07, 6.45) is 1.59. The van der Waals surface area contributed by atoms with Gasteiger partial charge in [0, 0.05) is 39.1 Å². The van der Waals surface area contributed by atoms with Gasteiger partial charge in [-0.15, -0.1) is 0 Å². The molecule has 1 aliphatic heterocycles. The number of hydrogen-bond acceptors (Lipinski definition) is 2. The number of halogens is 2. The lowest BCUT2D eigenvalue weighted by molar-refractivity contribution is -0.0483. The summed E-state index contributed by atoms with van der Waals surface area (Å²) < 4.78 is 25.7. The number of nitrogens with one attached hydrogen (secondary N) is 1. The second kappa shape index (κ2) is 4.11. The largest absolute Gasteiger partial charge is 0.303 e. The predicted octanol–water partition coefficient (Wildman–Crippen LogP) is 1.67. The Bertz CT molecular complexity index is 181. The molecule has 2 nitrogen and oxygen atoms in total. The maximum atomic E-state index is 12.9. The lowest BCUT2D eigenvalue weighted by atomic mass is 9.86. The van der Waals surface area contributed by atoms with Crippen molar-refractivity contribution in [3.63, 3.8) is 0 Å².